The van der Waals surface area contributed by atoms with Gasteiger partial charge in [-0.3, -0.25) is 9.59 Å². The minimum absolute atomic E-state index is 0.0451. The minimum Gasteiger partial charge on any atom is -0.356 e. The van der Waals surface area contributed by atoms with Crippen molar-refractivity contribution in [3.63, 3.8) is 0 Å². The first-order valence-electron chi connectivity index (χ1n) is 8.84. The van der Waals surface area contributed by atoms with E-state index in [0.29, 0.717) is 12.5 Å². The molecular formula is C18H26N2O2S. The van der Waals surface area contributed by atoms with Crippen molar-refractivity contribution in [1.29, 1.82) is 0 Å². The summed E-state index contributed by atoms with van der Waals surface area (Å²) in [6.07, 6.45) is 8.23. The molecule has 0 unspecified atom stereocenters. The zero-order valence-corrected chi connectivity index (χ0v) is 14.4. The molecule has 1 atom stereocenters. The van der Waals surface area contributed by atoms with Crippen LogP contribution >= 0.6 is 11.3 Å². The molecule has 2 amide bonds. The standard InChI is InChI=1S/C18H26N2O2S/c21-17(19-12-14-6-2-1-3-7-14)15-8-4-10-20(13-15)18(22)16-9-5-11-23-16/h5,9,11,14-15H,1-4,6-8,10,12-13H2,(H,19,21)/t15-/m0/s1. The van der Waals surface area contributed by atoms with Gasteiger partial charge in [-0.25, -0.2) is 0 Å². The zero-order valence-electron chi connectivity index (χ0n) is 13.6. The van der Waals surface area contributed by atoms with E-state index in [2.05, 4.69) is 5.32 Å². The van der Waals surface area contributed by atoms with Crippen molar-refractivity contribution < 1.29 is 9.59 Å². The summed E-state index contributed by atoms with van der Waals surface area (Å²) in [7, 11) is 0. The van der Waals surface area contributed by atoms with Gasteiger partial charge in [0, 0.05) is 19.6 Å². The SMILES string of the molecule is O=C(NCC1CCCCC1)[C@H]1CCCN(C(=O)c2cccs2)C1. The fourth-order valence-electron chi connectivity index (χ4n) is 3.71. The molecule has 2 heterocycles. The molecule has 0 radical (unpaired) electrons. The number of piperidine rings is 1. The molecule has 126 valence electrons. The molecule has 1 saturated carbocycles. The summed E-state index contributed by atoms with van der Waals surface area (Å²) < 4.78 is 0. The molecule has 23 heavy (non-hydrogen) atoms. The minimum atomic E-state index is -0.0451. The van der Waals surface area contributed by atoms with E-state index < -0.39 is 0 Å². The number of nitrogens with zero attached hydrogens (tertiary/aromatic N) is 1. The van der Waals surface area contributed by atoms with Gasteiger partial charge < -0.3 is 10.2 Å². The Morgan fingerprint density at radius 3 is 2.74 bits per heavy atom. The third-order valence-electron chi connectivity index (χ3n) is 5.10. The van der Waals surface area contributed by atoms with Crippen molar-refractivity contribution >= 4 is 23.2 Å². The third-order valence-corrected chi connectivity index (χ3v) is 5.96. The van der Waals surface area contributed by atoms with E-state index in [9.17, 15) is 9.59 Å². The smallest absolute Gasteiger partial charge is 0.263 e. The summed E-state index contributed by atoms with van der Waals surface area (Å²) in [4.78, 5) is 27.5. The Balaban J connectivity index is 1.49. The van der Waals surface area contributed by atoms with Crippen LogP contribution in [0.25, 0.3) is 0 Å². The van der Waals surface area contributed by atoms with Crippen LogP contribution < -0.4 is 5.32 Å². The van der Waals surface area contributed by atoms with Crippen LogP contribution in [0.5, 0.6) is 0 Å². The summed E-state index contributed by atoms with van der Waals surface area (Å²) in [6.45, 7) is 2.14. The Labute approximate surface area is 142 Å². The summed E-state index contributed by atoms with van der Waals surface area (Å²) in [5.41, 5.74) is 0. The van der Waals surface area contributed by atoms with E-state index in [1.165, 1.54) is 43.4 Å². The molecular weight excluding hydrogens is 308 g/mol. The van der Waals surface area contributed by atoms with Crippen LogP contribution in [0.1, 0.15) is 54.6 Å². The third kappa shape index (κ3) is 4.34. The molecule has 3 rings (SSSR count). The van der Waals surface area contributed by atoms with Gasteiger partial charge in [-0.1, -0.05) is 25.3 Å². The van der Waals surface area contributed by atoms with Crippen molar-refractivity contribution in [3.05, 3.63) is 22.4 Å². The number of hydrogen-bond acceptors (Lipinski definition) is 3. The van der Waals surface area contributed by atoms with Crippen LogP contribution in [-0.2, 0) is 4.79 Å². The molecule has 4 nitrogen and oxygen atoms in total. The number of rotatable bonds is 4. The largest absolute Gasteiger partial charge is 0.356 e. The second-order valence-electron chi connectivity index (χ2n) is 6.82. The van der Waals surface area contributed by atoms with Gasteiger partial charge in [0.1, 0.15) is 0 Å². The number of likely N-dealkylation sites (tertiary alicyclic amines) is 1. The van der Waals surface area contributed by atoms with Crippen LogP contribution in [0.4, 0.5) is 0 Å². The second-order valence-corrected chi connectivity index (χ2v) is 7.76. The topological polar surface area (TPSA) is 49.4 Å². The number of nitrogens with one attached hydrogen (secondary N) is 1. The first kappa shape index (κ1) is 16.5. The second kappa shape index (κ2) is 7.95. The maximum absolute atomic E-state index is 12.4. The first-order valence-corrected chi connectivity index (χ1v) is 9.72. The van der Waals surface area contributed by atoms with E-state index in [4.69, 9.17) is 0 Å². The lowest BCUT2D eigenvalue weighted by Crippen LogP contribution is -2.46. The van der Waals surface area contributed by atoms with Gasteiger partial charge in [0.2, 0.25) is 5.91 Å². The van der Waals surface area contributed by atoms with Gasteiger partial charge in [-0.2, -0.15) is 0 Å². The summed E-state index contributed by atoms with van der Waals surface area (Å²) in [6, 6.07) is 3.76. The van der Waals surface area contributed by atoms with Crippen molar-refractivity contribution in [1.82, 2.24) is 10.2 Å². The average molecular weight is 334 g/mol. The molecule has 2 aliphatic rings. The monoisotopic (exact) mass is 334 g/mol. The fraction of sp³-hybridized carbons (Fsp3) is 0.667. The van der Waals surface area contributed by atoms with E-state index in [-0.39, 0.29) is 17.7 Å². The molecule has 0 aromatic carbocycles. The molecule has 1 aromatic heterocycles. The van der Waals surface area contributed by atoms with Crippen molar-refractivity contribution in [3.8, 4) is 0 Å². The predicted octanol–water partition coefficient (Wildman–Crippen LogP) is 3.30. The molecule has 1 aromatic rings. The lowest BCUT2D eigenvalue weighted by molar-refractivity contribution is -0.126. The summed E-state index contributed by atoms with van der Waals surface area (Å²) >= 11 is 1.47. The molecule has 1 aliphatic carbocycles. The lowest BCUT2D eigenvalue weighted by atomic mass is 9.89. The van der Waals surface area contributed by atoms with Gasteiger partial charge in [0.25, 0.3) is 5.91 Å². The number of amides is 2. The van der Waals surface area contributed by atoms with E-state index in [0.717, 1.165) is 30.8 Å². The maximum Gasteiger partial charge on any atom is 0.263 e. The highest BCUT2D eigenvalue weighted by molar-refractivity contribution is 7.12. The summed E-state index contributed by atoms with van der Waals surface area (Å²) in [5, 5.41) is 5.06. The summed E-state index contributed by atoms with van der Waals surface area (Å²) in [5.74, 6) is 0.820. The normalized spacial score (nSPS) is 22.8. The highest BCUT2D eigenvalue weighted by Gasteiger charge is 2.29. The Bertz CT molecular complexity index is 523. The molecule has 0 bridgehead atoms. The zero-order chi connectivity index (χ0) is 16.1. The van der Waals surface area contributed by atoms with Crippen LogP contribution in [-0.4, -0.2) is 36.3 Å². The van der Waals surface area contributed by atoms with Crippen LogP contribution in [0.2, 0.25) is 0 Å². The number of carbonyl (C=O) groups excluding carboxylic acids is 2. The Kier molecular flexibility index (Phi) is 5.70. The highest BCUT2D eigenvalue weighted by Crippen LogP contribution is 2.24. The van der Waals surface area contributed by atoms with Crippen molar-refractivity contribution in [2.75, 3.05) is 19.6 Å². The predicted molar refractivity (Wildman–Crippen MR) is 92.5 cm³/mol. The van der Waals surface area contributed by atoms with Gasteiger partial charge >= 0.3 is 0 Å². The number of carbonyl (C=O) groups is 2. The average Bonchev–Trinajstić information content (AvgIpc) is 3.14. The Morgan fingerprint density at radius 2 is 2.00 bits per heavy atom. The van der Waals surface area contributed by atoms with Gasteiger partial charge in [0.15, 0.2) is 0 Å². The van der Waals surface area contributed by atoms with E-state index >= 15 is 0 Å². The van der Waals surface area contributed by atoms with Crippen molar-refractivity contribution in [2.24, 2.45) is 11.8 Å². The molecule has 1 N–H and O–H groups in total. The fourth-order valence-corrected chi connectivity index (χ4v) is 4.40. The molecule has 1 aliphatic heterocycles. The van der Waals surface area contributed by atoms with Crippen LogP contribution in [0.15, 0.2) is 17.5 Å². The number of hydrogen-bond donors (Lipinski definition) is 1. The molecule has 5 heteroatoms. The van der Waals surface area contributed by atoms with Gasteiger partial charge in [0.05, 0.1) is 10.8 Å². The van der Waals surface area contributed by atoms with Gasteiger partial charge in [-0.05, 0) is 43.0 Å². The highest BCUT2D eigenvalue weighted by atomic mass is 32.1. The van der Waals surface area contributed by atoms with Crippen LogP contribution in [0.3, 0.4) is 0 Å². The molecule has 0 spiro atoms. The van der Waals surface area contributed by atoms with Gasteiger partial charge in [-0.15, -0.1) is 11.3 Å². The van der Waals surface area contributed by atoms with E-state index in [1.807, 2.05) is 22.4 Å². The quantitative estimate of drug-likeness (QED) is 0.918. The van der Waals surface area contributed by atoms with Crippen LogP contribution in [0, 0.1) is 11.8 Å². The number of thiophene rings is 1. The lowest BCUT2D eigenvalue weighted by Gasteiger charge is -2.32. The Hall–Kier alpha value is -1.36. The molecule has 1 saturated heterocycles. The maximum atomic E-state index is 12.4. The molecule has 2 fully saturated rings. The van der Waals surface area contributed by atoms with Crippen molar-refractivity contribution in [2.45, 2.75) is 44.9 Å². The first-order chi connectivity index (χ1) is 11.2. The van der Waals surface area contributed by atoms with E-state index in [1.54, 1.807) is 0 Å². The Morgan fingerprint density at radius 1 is 1.17 bits per heavy atom.